The number of nitrogens with one attached hydrogen (secondary N) is 2. The van der Waals surface area contributed by atoms with E-state index in [1.165, 1.54) is 5.56 Å². The van der Waals surface area contributed by atoms with E-state index >= 15 is 0 Å². The summed E-state index contributed by atoms with van der Waals surface area (Å²) in [5.74, 6) is 2.13. The summed E-state index contributed by atoms with van der Waals surface area (Å²) in [5, 5.41) is 6.73. The summed E-state index contributed by atoms with van der Waals surface area (Å²) >= 11 is 0. The van der Waals surface area contributed by atoms with Crippen molar-refractivity contribution in [2.24, 2.45) is 11.3 Å². The smallest absolute Gasteiger partial charge is 0.225 e. The summed E-state index contributed by atoms with van der Waals surface area (Å²) in [6, 6.07) is 14.6. The predicted octanol–water partition coefficient (Wildman–Crippen LogP) is 3.98. The van der Waals surface area contributed by atoms with Crippen LogP contribution in [0.5, 0.6) is 11.5 Å². The first kappa shape index (κ1) is 29.2. The van der Waals surface area contributed by atoms with Gasteiger partial charge < -0.3 is 34.5 Å². The number of ether oxygens (including phenoxy) is 4. The third-order valence-corrected chi connectivity index (χ3v) is 7.59. The highest BCUT2D eigenvalue weighted by Gasteiger charge is 2.36. The molecule has 0 spiro atoms. The standard InChI is InChI=1S/C31H45N3O5/c1-31(2,3)30(35)33-19-24-18-32-20-28(29(24)23-8-10-25(37-5)11-9-23)39-21-22-7-12-27-26(17-22)34(14-16-38-27)13-6-15-36-4/h7-12,17,24,28-29,32H,6,13-16,18-21H2,1-5H3,(H,33,35)/t24-,28-,29-/m0/s1. The first-order valence-corrected chi connectivity index (χ1v) is 14.0. The summed E-state index contributed by atoms with van der Waals surface area (Å²) < 4.78 is 23.2. The number of anilines is 1. The van der Waals surface area contributed by atoms with Crippen LogP contribution in [0.1, 0.15) is 44.2 Å². The second kappa shape index (κ2) is 13.5. The first-order chi connectivity index (χ1) is 18.8. The summed E-state index contributed by atoms with van der Waals surface area (Å²) in [4.78, 5) is 15.0. The average molecular weight is 540 g/mol. The molecule has 0 aliphatic carbocycles. The van der Waals surface area contributed by atoms with Gasteiger partial charge in [-0.1, -0.05) is 39.0 Å². The van der Waals surface area contributed by atoms with Crippen molar-refractivity contribution < 1.29 is 23.7 Å². The Morgan fingerprint density at radius 3 is 2.64 bits per heavy atom. The Labute approximate surface area is 233 Å². The number of carbonyl (C=O) groups excluding carboxylic acids is 1. The molecule has 1 fully saturated rings. The Hall–Kier alpha value is -2.81. The van der Waals surface area contributed by atoms with Crippen molar-refractivity contribution in [2.45, 2.75) is 45.8 Å². The normalized spacial score (nSPS) is 21.2. The van der Waals surface area contributed by atoms with Crippen LogP contribution in [0.4, 0.5) is 5.69 Å². The van der Waals surface area contributed by atoms with Crippen LogP contribution in [-0.4, -0.2) is 72.2 Å². The number of nitrogens with zero attached hydrogens (tertiary/aromatic N) is 1. The predicted molar refractivity (Wildman–Crippen MR) is 154 cm³/mol. The van der Waals surface area contributed by atoms with Crippen LogP contribution in [0.3, 0.4) is 0 Å². The molecular weight excluding hydrogens is 494 g/mol. The minimum Gasteiger partial charge on any atom is -0.497 e. The van der Waals surface area contributed by atoms with Crippen LogP contribution in [-0.2, 0) is 20.9 Å². The number of piperidine rings is 1. The number of benzene rings is 2. The van der Waals surface area contributed by atoms with Gasteiger partial charge in [0.1, 0.15) is 18.1 Å². The minimum atomic E-state index is -0.429. The lowest BCUT2D eigenvalue weighted by Gasteiger charge is -2.39. The molecule has 2 aromatic carbocycles. The quantitative estimate of drug-likeness (QED) is 0.418. The van der Waals surface area contributed by atoms with Crippen LogP contribution in [0.25, 0.3) is 0 Å². The maximum atomic E-state index is 12.7. The summed E-state index contributed by atoms with van der Waals surface area (Å²) in [6.07, 6.45) is 0.926. The van der Waals surface area contributed by atoms with Gasteiger partial charge in [-0.25, -0.2) is 0 Å². The van der Waals surface area contributed by atoms with E-state index in [4.69, 9.17) is 18.9 Å². The number of methoxy groups -OCH3 is 2. The van der Waals surface area contributed by atoms with E-state index in [0.29, 0.717) is 19.8 Å². The van der Waals surface area contributed by atoms with Crippen molar-refractivity contribution in [3.05, 3.63) is 53.6 Å². The lowest BCUT2D eigenvalue weighted by Crippen LogP contribution is -2.51. The van der Waals surface area contributed by atoms with Crippen LogP contribution in [0.2, 0.25) is 0 Å². The molecule has 8 nitrogen and oxygen atoms in total. The highest BCUT2D eigenvalue weighted by atomic mass is 16.5. The highest BCUT2D eigenvalue weighted by molar-refractivity contribution is 5.81. The fraction of sp³-hybridized carbons (Fsp3) is 0.581. The average Bonchev–Trinajstić information content (AvgIpc) is 2.94. The molecular formula is C31H45N3O5. The monoisotopic (exact) mass is 539 g/mol. The van der Waals surface area contributed by atoms with Gasteiger partial charge in [0.15, 0.2) is 0 Å². The van der Waals surface area contributed by atoms with E-state index < -0.39 is 5.41 Å². The summed E-state index contributed by atoms with van der Waals surface area (Å²) in [5.41, 5.74) is 3.00. The molecule has 3 atom stereocenters. The van der Waals surface area contributed by atoms with E-state index in [9.17, 15) is 4.79 Å². The van der Waals surface area contributed by atoms with Crippen LogP contribution in [0.15, 0.2) is 42.5 Å². The molecule has 2 heterocycles. The van der Waals surface area contributed by atoms with E-state index in [1.54, 1.807) is 14.2 Å². The van der Waals surface area contributed by atoms with Gasteiger partial charge in [0, 0.05) is 51.2 Å². The third kappa shape index (κ3) is 7.65. The molecule has 39 heavy (non-hydrogen) atoms. The molecule has 214 valence electrons. The zero-order valence-corrected chi connectivity index (χ0v) is 24.1. The molecule has 0 saturated carbocycles. The second-order valence-corrected chi connectivity index (χ2v) is 11.5. The van der Waals surface area contributed by atoms with E-state index in [2.05, 4.69) is 45.9 Å². The van der Waals surface area contributed by atoms with E-state index in [-0.39, 0.29) is 23.8 Å². The van der Waals surface area contributed by atoms with Crippen molar-refractivity contribution >= 4 is 11.6 Å². The van der Waals surface area contributed by atoms with Gasteiger partial charge in [0.25, 0.3) is 0 Å². The molecule has 0 radical (unpaired) electrons. The van der Waals surface area contributed by atoms with E-state index in [1.807, 2.05) is 32.9 Å². The Kier molecular flexibility index (Phi) is 10.1. The van der Waals surface area contributed by atoms with Gasteiger partial charge in [-0.3, -0.25) is 4.79 Å². The van der Waals surface area contributed by atoms with Crippen molar-refractivity contribution in [1.82, 2.24) is 10.6 Å². The minimum absolute atomic E-state index is 0.0474. The number of hydrogen-bond acceptors (Lipinski definition) is 7. The molecule has 2 aliphatic heterocycles. The highest BCUT2D eigenvalue weighted by Crippen LogP contribution is 2.36. The molecule has 0 bridgehead atoms. The van der Waals surface area contributed by atoms with Crippen LogP contribution in [0, 0.1) is 11.3 Å². The van der Waals surface area contributed by atoms with E-state index in [0.717, 1.165) is 62.0 Å². The Morgan fingerprint density at radius 2 is 1.92 bits per heavy atom. The molecule has 0 aromatic heterocycles. The van der Waals surface area contributed by atoms with Gasteiger partial charge >= 0.3 is 0 Å². The lowest BCUT2D eigenvalue weighted by molar-refractivity contribution is -0.128. The number of carbonyl (C=O) groups is 1. The number of hydrogen-bond donors (Lipinski definition) is 2. The largest absolute Gasteiger partial charge is 0.497 e. The topological polar surface area (TPSA) is 81.3 Å². The summed E-state index contributed by atoms with van der Waals surface area (Å²) in [7, 11) is 3.42. The molecule has 2 aromatic rings. The number of rotatable bonds is 11. The maximum absolute atomic E-state index is 12.7. The van der Waals surface area contributed by atoms with Gasteiger partial charge in [0.05, 0.1) is 32.1 Å². The van der Waals surface area contributed by atoms with Crippen molar-refractivity contribution in [2.75, 3.05) is 65.1 Å². The third-order valence-electron chi connectivity index (χ3n) is 7.59. The zero-order valence-electron chi connectivity index (χ0n) is 24.1. The molecule has 1 saturated heterocycles. The molecule has 4 rings (SSSR count). The SMILES string of the molecule is COCCCN1CCOc2ccc(CO[C@H]3CNC[C@@H](CNC(=O)C(C)(C)C)[C@@H]3c3ccc(OC)cc3)cc21. The fourth-order valence-electron chi connectivity index (χ4n) is 5.38. The number of amides is 1. The van der Waals surface area contributed by atoms with Crippen molar-refractivity contribution in [3.8, 4) is 11.5 Å². The Bertz CT molecular complexity index is 1070. The van der Waals surface area contributed by atoms with Crippen molar-refractivity contribution in [3.63, 3.8) is 0 Å². The lowest BCUT2D eigenvalue weighted by atomic mass is 9.79. The fourth-order valence-corrected chi connectivity index (χ4v) is 5.38. The Balaban J connectivity index is 1.49. The zero-order chi connectivity index (χ0) is 27.8. The van der Waals surface area contributed by atoms with Gasteiger partial charge in [0.2, 0.25) is 5.91 Å². The molecule has 8 heteroatoms. The molecule has 2 aliphatic rings. The van der Waals surface area contributed by atoms with Gasteiger partial charge in [-0.15, -0.1) is 0 Å². The summed E-state index contributed by atoms with van der Waals surface area (Å²) in [6.45, 7) is 11.7. The first-order valence-electron chi connectivity index (χ1n) is 14.0. The van der Waals surface area contributed by atoms with Gasteiger partial charge in [-0.05, 0) is 47.7 Å². The van der Waals surface area contributed by atoms with Crippen LogP contribution >= 0.6 is 0 Å². The number of fused-ring (bicyclic) bond motifs is 1. The molecule has 2 N–H and O–H groups in total. The van der Waals surface area contributed by atoms with Gasteiger partial charge in [-0.2, -0.15) is 0 Å². The van der Waals surface area contributed by atoms with Crippen LogP contribution < -0.4 is 25.0 Å². The second-order valence-electron chi connectivity index (χ2n) is 11.5. The maximum Gasteiger partial charge on any atom is 0.225 e. The van der Waals surface area contributed by atoms with Crippen molar-refractivity contribution in [1.29, 1.82) is 0 Å². The Morgan fingerprint density at radius 1 is 1.13 bits per heavy atom. The molecule has 0 unspecified atom stereocenters. The molecule has 1 amide bonds.